The van der Waals surface area contributed by atoms with Crippen LogP contribution in [0.2, 0.25) is 0 Å². The first-order valence-electron chi connectivity index (χ1n) is 3.71. The number of allylic oxidation sites excluding steroid dienone is 1. The minimum atomic E-state index is -2.97. The van der Waals surface area contributed by atoms with Crippen LogP contribution in [0.1, 0.15) is 12.8 Å². The molecule has 3 nitrogen and oxygen atoms in total. The zero-order chi connectivity index (χ0) is 8.32. The predicted molar refractivity (Wildman–Crippen MR) is 44.8 cm³/mol. The third-order valence-corrected chi connectivity index (χ3v) is 2.99. The van der Waals surface area contributed by atoms with Crippen LogP contribution in [0.15, 0.2) is 12.2 Å². The predicted octanol–water partition coefficient (Wildman–Crippen LogP) is 0.598. The molecule has 1 rings (SSSR count). The van der Waals surface area contributed by atoms with Gasteiger partial charge >= 0.3 is 0 Å². The summed E-state index contributed by atoms with van der Waals surface area (Å²) in [6.45, 7) is 1.20. The van der Waals surface area contributed by atoms with E-state index in [1.807, 2.05) is 12.2 Å². The summed E-state index contributed by atoms with van der Waals surface area (Å²) in [7, 11) is -2.97. The molecular weight excluding hydrogens is 162 g/mol. The molecule has 1 aliphatic rings. The maximum absolute atomic E-state index is 11.0. The standard InChI is InChI=1S/C7H13NO2S/c1-11(9,10)8-6-4-2-3-5-7-8/h2,4H,3,5-7H2,1H3. The Hall–Kier alpha value is -0.350. The summed E-state index contributed by atoms with van der Waals surface area (Å²) in [4.78, 5) is 0. The normalized spacial score (nSPS) is 21.5. The van der Waals surface area contributed by atoms with Gasteiger partial charge in [0.05, 0.1) is 6.26 Å². The molecule has 0 aromatic carbocycles. The SMILES string of the molecule is CS(=O)(=O)N1CC=CCCC1. The van der Waals surface area contributed by atoms with Gasteiger partial charge in [0.2, 0.25) is 10.0 Å². The number of nitrogens with zero attached hydrogens (tertiary/aromatic N) is 1. The Balaban J connectivity index is 2.66. The van der Waals surface area contributed by atoms with Crippen LogP contribution in [-0.4, -0.2) is 32.1 Å². The zero-order valence-electron chi connectivity index (χ0n) is 6.66. The average Bonchev–Trinajstić information content (AvgIpc) is 2.10. The lowest BCUT2D eigenvalue weighted by atomic mass is 10.3. The molecular formula is C7H13NO2S. The second-order valence-corrected chi connectivity index (χ2v) is 4.72. The van der Waals surface area contributed by atoms with Crippen molar-refractivity contribution < 1.29 is 8.42 Å². The highest BCUT2D eigenvalue weighted by Crippen LogP contribution is 2.06. The van der Waals surface area contributed by atoms with E-state index in [2.05, 4.69) is 0 Å². The first-order valence-corrected chi connectivity index (χ1v) is 5.55. The van der Waals surface area contributed by atoms with E-state index < -0.39 is 10.0 Å². The quantitative estimate of drug-likeness (QED) is 0.547. The van der Waals surface area contributed by atoms with Crippen LogP contribution in [0, 0.1) is 0 Å². The van der Waals surface area contributed by atoms with Crippen LogP contribution in [0.3, 0.4) is 0 Å². The van der Waals surface area contributed by atoms with Gasteiger partial charge in [0.1, 0.15) is 0 Å². The molecule has 1 aliphatic heterocycles. The van der Waals surface area contributed by atoms with E-state index in [1.54, 1.807) is 0 Å². The van der Waals surface area contributed by atoms with Gasteiger partial charge < -0.3 is 0 Å². The molecule has 0 saturated carbocycles. The van der Waals surface area contributed by atoms with Gasteiger partial charge in [-0.1, -0.05) is 12.2 Å². The fraction of sp³-hybridized carbons (Fsp3) is 0.714. The van der Waals surface area contributed by atoms with Crippen LogP contribution in [-0.2, 0) is 10.0 Å². The summed E-state index contributed by atoms with van der Waals surface area (Å²) >= 11 is 0. The number of sulfonamides is 1. The van der Waals surface area contributed by atoms with Crippen LogP contribution in [0.4, 0.5) is 0 Å². The summed E-state index contributed by atoms with van der Waals surface area (Å²) in [6.07, 6.45) is 7.13. The lowest BCUT2D eigenvalue weighted by molar-refractivity contribution is 0.447. The van der Waals surface area contributed by atoms with Crippen molar-refractivity contribution in [1.82, 2.24) is 4.31 Å². The van der Waals surface area contributed by atoms with E-state index in [4.69, 9.17) is 0 Å². The highest BCUT2D eigenvalue weighted by atomic mass is 32.2. The Morgan fingerprint density at radius 1 is 1.36 bits per heavy atom. The second kappa shape index (κ2) is 3.36. The first-order chi connectivity index (χ1) is 5.11. The third-order valence-electron chi connectivity index (χ3n) is 1.72. The van der Waals surface area contributed by atoms with Gasteiger partial charge in [-0.3, -0.25) is 0 Å². The maximum Gasteiger partial charge on any atom is 0.211 e. The second-order valence-electron chi connectivity index (χ2n) is 2.73. The highest BCUT2D eigenvalue weighted by molar-refractivity contribution is 7.88. The van der Waals surface area contributed by atoms with Crippen molar-refractivity contribution in [2.75, 3.05) is 19.3 Å². The van der Waals surface area contributed by atoms with Gasteiger partial charge in [0, 0.05) is 13.1 Å². The van der Waals surface area contributed by atoms with E-state index in [1.165, 1.54) is 10.6 Å². The molecule has 0 amide bonds. The van der Waals surface area contributed by atoms with Crippen molar-refractivity contribution in [3.63, 3.8) is 0 Å². The molecule has 11 heavy (non-hydrogen) atoms. The molecule has 0 atom stereocenters. The van der Waals surface area contributed by atoms with Gasteiger partial charge in [-0.25, -0.2) is 8.42 Å². The molecule has 0 aromatic rings. The van der Waals surface area contributed by atoms with Crippen LogP contribution >= 0.6 is 0 Å². The van der Waals surface area contributed by atoms with Crippen molar-refractivity contribution in [2.45, 2.75) is 12.8 Å². The van der Waals surface area contributed by atoms with Crippen LogP contribution < -0.4 is 0 Å². The van der Waals surface area contributed by atoms with Crippen molar-refractivity contribution >= 4 is 10.0 Å². The van der Waals surface area contributed by atoms with E-state index in [-0.39, 0.29) is 0 Å². The third kappa shape index (κ3) is 2.63. The van der Waals surface area contributed by atoms with Gasteiger partial charge in [0.15, 0.2) is 0 Å². The van der Waals surface area contributed by atoms with E-state index in [0.717, 1.165) is 12.8 Å². The van der Waals surface area contributed by atoms with Crippen molar-refractivity contribution in [2.24, 2.45) is 0 Å². The summed E-state index contributed by atoms with van der Waals surface area (Å²) in [5, 5.41) is 0. The number of rotatable bonds is 1. The zero-order valence-corrected chi connectivity index (χ0v) is 7.47. The summed E-state index contributed by atoms with van der Waals surface area (Å²) < 4.78 is 23.6. The summed E-state index contributed by atoms with van der Waals surface area (Å²) in [5.74, 6) is 0. The van der Waals surface area contributed by atoms with E-state index in [9.17, 15) is 8.42 Å². The average molecular weight is 175 g/mol. The summed E-state index contributed by atoms with van der Waals surface area (Å²) in [6, 6.07) is 0. The van der Waals surface area contributed by atoms with Gasteiger partial charge in [-0.2, -0.15) is 4.31 Å². The number of hydrogen-bond donors (Lipinski definition) is 0. The fourth-order valence-electron chi connectivity index (χ4n) is 1.09. The molecule has 0 aliphatic carbocycles. The minimum absolute atomic E-state index is 0.541. The smallest absolute Gasteiger partial charge is 0.211 e. The molecule has 0 bridgehead atoms. The molecule has 64 valence electrons. The fourth-order valence-corrected chi connectivity index (χ4v) is 1.91. The Labute approximate surface area is 67.8 Å². The van der Waals surface area contributed by atoms with E-state index >= 15 is 0 Å². The topological polar surface area (TPSA) is 37.4 Å². The van der Waals surface area contributed by atoms with Gasteiger partial charge in [0.25, 0.3) is 0 Å². The van der Waals surface area contributed by atoms with E-state index in [0.29, 0.717) is 13.1 Å². The molecule has 0 saturated heterocycles. The largest absolute Gasteiger partial charge is 0.212 e. The lowest BCUT2D eigenvalue weighted by Crippen LogP contribution is -2.30. The molecule has 0 fully saturated rings. The molecule has 1 heterocycles. The van der Waals surface area contributed by atoms with Crippen LogP contribution in [0.25, 0.3) is 0 Å². The monoisotopic (exact) mass is 175 g/mol. The van der Waals surface area contributed by atoms with Crippen molar-refractivity contribution in [3.8, 4) is 0 Å². The van der Waals surface area contributed by atoms with Gasteiger partial charge in [-0.15, -0.1) is 0 Å². The molecule has 4 heteroatoms. The number of hydrogen-bond acceptors (Lipinski definition) is 2. The molecule has 0 unspecified atom stereocenters. The Morgan fingerprint density at radius 2 is 2.09 bits per heavy atom. The highest BCUT2D eigenvalue weighted by Gasteiger charge is 2.14. The van der Waals surface area contributed by atoms with Crippen molar-refractivity contribution in [3.05, 3.63) is 12.2 Å². The Kier molecular flexibility index (Phi) is 2.67. The first kappa shape index (κ1) is 8.74. The Morgan fingerprint density at radius 3 is 2.73 bits per heavy atom. The van der Waals surface area contributed by atoms with Gasteiger partial charge in [-0.05, 0) is 12.8 Å². The molecule has 0 aromatic heterocycles. The minimum Gasteiger partial charge on any atom is -0.212 e. The van der Waals surface area contributed by atoms with Crippen molar-refractivity contribution in [1.29, 1.82) is 0 Å². The maximum atomic E-state index is 11.0. The molecule has 0 spiro atoms. The lowest BCUT2D eigenvalue weighted by Gasteiger charge is -2.15. The Bertz CT molecular complexity index is 243. The molecule has 0 radical (unpaired) electrons. The van der Waals surface area contributed by atoms with Crippen LogP contribution in [0.5, 0.6) is 0 Å². The molecule has 0 N–H and O–H groups in total. The summed E-state index contributed by atoms with van der Waals surface area (Å²) in [5.41, 5.74) is 0.